The van der Waals surface area contributed by atoms with Gasteiger partial charge in [0.05, 0.1) is 5.69 Å². The second-order valence-electron chi connectivity index (χ2n) is 5.05. The summed E-state index contributed by atoms with van der Waals surface area (Å²) in [5.41, 5.74) is 1.67. The fourth-order valence-corrected chi connectivity index (χ4v) is 2.66. The maximum atomic E-state index is 12.4. The molecular weight excluding hydrogens is 358 g/mol. The van der Waals surface area contributed by atoms with E-state index in [0.29, 0.717) is 23.5 Å². The Labute approximate surface area is 142 Å². The molecule has 6 heteroatoms. The smallest absolute Gasteiger partial charge is 0.271 e. The number of amides is 2. The van der Waals surface area contributed by atoms with E-state index in [1.807, 2.05) is 30.3 Å². The number of benzene rings is 2. The third-order valence-electron chi connectivity index (χ3n) is 3.38. The number of hydrogen-bond acceptors (Lipinski definition) is 3. The highest BCUT2D eigenvalue weighted by atomic mass is 79.9. The molecule has 0 fully saturated rings. The fourth-order valence-electron chi connectivity index (χ4n) is 2.26. The quantitative estimate of drug-likeness (QED) is 0.896. The van der Waals surface area contributed by atoms with Gasteiger partial charge in [-0.3, -0.25) is 9.59 Å². The molecule has 0 saturated carbocycles. The van der Waals surface area contributed by atoms with Crippen LogP contribution in [0.25, 0.3) is 0 Å². The van der Waals surface area contributed by atoms with Crippen molar-refractivity contribution < 1.29 is 9.59 Å². The van der Waals surface area contributed by atoms with Crippen LogP contribution in [0.4, 0.5) is 11.4 Å². The van der Waals surface area contributed by atoms with Gasteiger partial charge in [-0.2, -0.15) is 5.10 Å². The predicted octanol–water partition coefficient (Wildman–Crippen LogP) is 3.57. The van der Waals surface area contributed by atoms with Gasteiger partial charge in [-0.15, -0.1) is 0 Å². The van der Waals surface area contributed by atoms with Crippen molar-refractivity contribution in [2.75, 3.05) is 10.3 Å². The Balaban J connectivity index is 1.81. The van der Waals surface area contributed by atoms with Crippen LogP contribution in [0.15, 0.2) is 64.2 Å². The van der Waals surface area contributed by atoms with Crippen molar-refractivity contribution in [1.29, 1.82) is 0 Å². The van der Waals surface area contributed by atoms with E-state index in [0.717, 1.165) is 4.47 Å². The van der Waals surface area contributed by atoms with Gasteiger partial charge in [0.25, 0.3) is 5.91 Å². The monoisotopic (exact) mass is 371 g/mol. The first kappa shape index (κ1) is 15.4. The Bertz CT molecular complexity index is 774. The molecule has 1 aliphatic heterocycles. The van der Waals surface area contributed by atoms with Crippen LogP contribution in [0.3, 0.4) is 0 Å². The van der Waals surface area contributed by atoms with Gasteiger partial charge in [0, 0.05) is 23.0 Å². The van der Waals surface area contributed by atoms with E-state index in [9.17, 15) is 9.59 Å². The number of carbonyl (C=O) groups is 2. The molecule has 2 aromatic carbocycles. The zero-order valence-corrected chi connectivity index (χ0v) is 13.8. The Morgan fingerprint density at radius 1 is 1.09 bits per heavy atom. The summed E-state index contributed by atoms with van der Waals surface area (Å²) in [7, 11) is 0. The Hall–Kier alpha value is -2.47. The summed E-state index contributed by atoms with van der Waals surface area (Å²) < 4.78 is 0.877. The molecule has 2 amide bonds. The summed E-state index contributed by atoms with van der Waals surface area (Å²) in [6.45, 7) is 0. The van der Waals surface area contributed by atoms with Gasteiger partial charge < -0.3 is 5.32 Å². The number of anilines is 2. The summed E-state index contributed by atoms with van der Waals surface area (Å²) >= 11 is 3.36. The average molecular weight is 372 g/mol. The van der Waals surface area contributed by atoms with Crippen molar-refractivity contribution in [3.63, 3.8) is 0 Å². The van der Waals surface area contributed by atoms with Crippen molar-refractivity contribution in [3.8, 4) is 0 Å². The van der Waals surface area contributed by atoms with E-state index in [4.69, 9.17) is 0 Å². The number of nitrogens with zero attached hydrogens (tertiary/aromatic N) is 2. The summed E-state index contributed by atoms with van der Waals surface area (Å²) in [5, 5.41) is 8.32. The van der Waals surface area contributed by atoms with Crippen molar-refractivity contribution in [3.05, 3.63) is 59.1 Å². The van der Waals surface area contributed by atoms with Crippen molar-refractivity contribution in [1.82, 2.24) is 0 Å². The summed E-state index contributed by atoms with van der Waals surface area (Å²) in [5.74, 6) is -0.410. The first-order chi connectivity index (χ1) is 11.1. The summed E-state index contributed by atoms with van der Waals surface area (Å²) in [6, 6.07) is 16.4. The molecule has 0 radical (unpaired) electrons. The molecule has 0 bridgehead atoms. The molecule has 116 valence electrons. The minimum Gasteiger partial charge on any atom is -0.321 e. The molecule has 1 aliphatic rings. The first-order valence-corrected chi connectivity index (χ1v) is 7.95. The zero-order chi connectivity index (χ0) is 16.2. The van der Waals surface area contributed by atoms with Gasteiger partial charge >= 0.3 is 0 Å². The maximum absolute atomic E-state index is 12.4. The molecule has 0 atom stereocenters. The first-order valence-electron chi connectivity index (χ1n) is 7.16. The van der Waals surface area contributed by atoms with E-state index in [-0.39, 0.29) is 18.2 Å². The van der Waals surface area contributed by atoms with E-state index in [2.05, 4.69) is 26.3 Å². The van der Waals surface area contributed by atoms with Crippen LogP contribution < -0.4 is 10.3 Å². The van der Waals surface area contributed by atoms with Crippen LogP contribution in [-0.2, 0) is 9.59 Å². The fraction of sp³-hybridized carbons (Fsp3) is 0.118. The van der Waals surface area contributed by atoms with Crippen LogP contribution >= 0.6 is 15.9 Å². The lowest BCUT2D eigenvalue weighted by Crippen LogP contribution is -2.36. The molecule has 0 aromatic heterocycles. The standard InChI is InChI=1S/C17H14BrN3O2/c18-12-5-4-6-13(11-12)19-17(23)15-9-10-16(22)21(20-15)14-7-2-1-3-8-14/h1-8,11H,9-10H2,(H,19,23). The van der Waals surface area contributed by atoms with Crippen molar-refractivity contribution >= 4 is 44.8 Å². The number of carbonyl (C=O) groups excluding carboxylic acids is 2. The lowest BCUT2D eigenvalue weighted by atomic mass is 10.1. The molecular formula is C17H14BrN3O2. The third-order valence-corrected chi connectivity index (χ3v) is 3.87. The molecule has 0 spiro atoms. The molecule has 5 nitrogen and oxygen atoms in total. The molecule has 0 unspecified atom stereocenters. The van der Waals surface area contributed by atoms with Crippen molar-refractivity contribution in [2.45, 2.75) is 12.8 Å². The van der Waals surface area contributed by atoms with Crippen molar-refractivity contribution in [2.24, 2.45) is 5.10 Å². The van der Waals surface area contributed by atoms with Crippen LogP contribution in [0, 0.1) is 0 Å². The molecule has 0 saturated heterocycles. The summed E-state index contributed by atoms with van der Waals surface area (Å²) in [6.07, 6.45) is 0.599. The third kappa shape index (κ3) is 3.65. The molecule has 23 heavy (non-hydrogen) atoms. The number of rotatable bonds is 3. The van der Waals surface area contributed by atoms with Gasteiger partial charge in [0.15, 0.2) is 0 Å². The van der Waals surface area contributed by atoms with Gasteiger partial charge in [0.2, 0.25) is 5.91 Å². The number of hydrazone groups is 1. The Morgan fingerprint density at radius 2 is 1.87 bits per heavy atom. The van der Waals surface area contributed by atoms with Crippen LogP contribution in [0.1, 0.15) is 12.8 Å². The molecule has 3 rings (SSSR count). The van der Waals surface area contributed by atoms with E-state index in [1.165, 1.54) is 5.01 Å². The lowest BCUT2D eigenvalue weighted by molar-refractivity contribution is -0.118. The lowest BCUT2D eigenvalue weighted by Gasteiger charge is -2.23. The van der Waals surface area contributed by atoms with E-state index in [1.54, 1.807) is 24.3 Å². The summed E-state index contributed by atoms with van der Waals surface area (Å²) in [4.78, 5) is 24.4. The highest BCUT2D eigenvalue weighted by molar-refractivity contribution is 9.10. The minimum atomic E-state index is -0.295. The normalized spacial score (nSPS) is 14.4. The second kappa shape index (κ2) is 6.75. The number of nitrogens with one attached hydrogen (secondary N) is 1. The SMILES string of the molecule is O=C(Nc1cccc(Br)c1)C1=NN(c2ccccc2)C(=O)CC1. The minimum absolute atomic E-state index is 0.116. The maximum Gasteiger partial charge on any atom is 0.271 e. The Kier molecular flexibility index (Phi) is 4.52. The molecule has 2 aromatic rings. The largest absolute Gasteiger partial charge is 0.321 e. The molecule has 1 N–H and O–H groups in total. The second-order valence-corrected chi connectivity index (χ2v) is 5.97. The van der Waals surface area contributed by atoms with Gasteiger partial charge in [-0.1, -0.05) is 40.2 Å². The topological polar surface area (TPSA) is 61.8 Å². The zero-order valence-electron chi connectivity index (χ0n) is 12.2. The van der Waals surface area contributed by atoms with E-state index < -0.39 is 0 Å². The Morgan fingerprint density at radius 3 is 2.61 bits per heavy atom. The van der Waals surface area contributed by atoms with Crippen LogP contribution in [-0.4, -0.2) is 17.5 Å². The number of halogens is 1. The predicted molar refractivity (Wildman–Crippen MR) is 93.4 cm³/mol. The van der Waals surface area contributed by atoms with E-state index >= 15 is 0 Å². The van der Waals surface area contributed by atoms with Gasteiger partial charge in [0.1, 0.15) is 5.71 Å². The van der Waals surface area contributed by atoms with Gasteiger partial charge in [-0.05, 0) is 30.3 Å². The highest BCUT2D eigenvalue weighted by Crippen LogP contribution is 2.21. The molecule has 0 aliphatic carbocycles. The highest BCUT2D eigenvalue weighted by Gasteiger charge is 2.25. The van der Waals surface area contributed by atoms with Crippen LogP contribution in [0.5, 0.6) is 0 Å². The number of hydrogen-bond donors (Lipinski definition) is 1. The van der Waals surface area contributed by atoms with Gasteiger partial charge in [-0.25, -0.2) is 5.01 Å². The molecule has 1 heterocycles. The number of para-hydroxylation sites is 1. The van der Waals surface area contributed by atoms with Crippen LogP contribution in [0.2, 0.25) is 0 Å². The average Bonchev–Trinajstić information content (AvgIpc) is 2.56.